The van der Waals surface area contributed by atoms with E-state index in [4.69, 9.17) is 23.7 Å². The van der Waals surface area contributed by atoms with Gasteiger partial charge in [-0.05, 0) is 84.3 Å². The van der Waals surface area contributed by atoms with Crippen LogP contribution >= 0.6 is 0 Å². The molecule has 6 rings (SSSR count). The number of non-ortho nitro benzene ring substituents is 1. The van der Waals surface area contributed by atoms with Crippen molar-refractivity contribution in [1.82, 2.24) is 14.5 Å². The lowest BCUT2D eigenvalue weighted by atomic mass is 9.87. The Labute approximate surface area is 412 Å². The molecule has 1 heterocycles. The van der Waals surface area contributed by atoms with Gasteiger partial charge in [-0.25, -0.2) is 17.9 Å². The lowest BCUT2D eigenvalue weighted by molar-refractivity contribution is -0.384. The van der Waals surface area contributed by atoms with Gasteiger partial charge in [-0.1, -0.05) is 78.9 Å². The van der Waals surface area contributed by atoms with E-state index < -0.39 is 51.0 Å². The Kier molecular flexibility index (Phi) is 19.4. The Morgan fingerprint density at radius 1 is 0.803 bits per heavy atom. The van der Waals surface area contributed by atoms with Crippen molar-refractivity contribution in [1.29, 1.82) is 0 Å². The van der Waals surface area contributed by atoms with Crippen LogP contribution in [0.25, 0.3) is 0 Å². The maximum Gasteiger partial charge on any atom is 0.410 e. The van der Waals surface area contributed by atoms with Crippen molar-refractivity contribution >= 4 is 39.6 Å². The van der Waals surface area contributed by atoms with Crippen molar-refractivity contribution in [2.75, 3.05) is 46.5 Å². The summed E-state index contributed by atoms with van der Waals surface area (Å²) in [4.78, 5) is 67.6. The average molecular weight is 995 g/mol. The van der Waals surface area contributed by atoms with Crippen LogP contribution in [0.4, 0.5) is 10.5 Å². The van der Waals surface area contributed by atoms with Crippen LogP contribution in [-0.4, -0.2) is 98.7 Å². The molecule has 0 bridgehead atoms. The molecular formula is C52H58N4O14S. The molecule has 0 aliphatic carbocycles. The van der Waals surface area contributed by atoms with E-state index in [0.717, 1.165) is 29.8 Å². The first-order valence-corrected chi connectivity index (χ1v) is 24.6. The van der Waals surface area contributed by atoms with Crippen LogP contribution in [0.1, 0.15) is 84.9 Å². The first-order chi connectivity index (χ1) is 34.3. The number of esters is 2. The summed E-state index contributed by atoms with van der Waals surface area (Å²) in [6.45, 7) is 1.73. The van der Waals surface area contributed by atoms with E-state index in [0.29, 0.717) is 59.6 Å². The van der Waals surface area contributed by atoms with E-state index >= 15 is 4.79 Å². The monoisotopic (exact) mass is 994 g/mol. The second-order valence-corrected chi connectivity index (χ2v) is 18.4. The number of hydrogen-bond donors (Lipinski definition) is 2. The van der Waals surface area contributed by atoms with Gasteiger partial charge in [0.25, 0.3) is 5.69 Å². The van der Waals surface area contributed by atoms with Gasteiger partial charge in [-0.2, -0.15) is 0 Å². The Hall–Kier alpha value is -7.35. The van der Waals surface area contributed by atoms with Gasteiger partial charge in [0, 0.05) is 57.4 Å². The molecule has 0 unspecified atom stereocenters. The van der Waals surface area contributed by atoms with Gasteiger partial charge < -0.3 is 38.6 Å². The molecule has 0 aromatic heterocycles. The van der Waals surface area contributed by atoms with Crippen LogP contribution in [0.2, 0.25) is 0 Å². The number of fused-ring (bicyclic) bond motifs is 1. The van der Waals surface area contributed by atoms with Gasteiger partial charge in [0.2, 0.25) is 15.9 Å². The zero-order valence-corrected chi connectivity index (χ0v) is 40.4. The number of nitrogens with zero attached hydrogens (tertiary/aromatic N) is 3. The highest BCUT2D eigenvalue weighted by molar-refractivity contribution is 7.89. The second-order valence-electron chi connectivity index (χ2n) is 16.6. The average Bonchev–Trinajstić information content (AvgIpc) is 3.77. The summed E-state index contributed by atoms with van der Waals surface area (Å²) < 4.78 is 57.7. The van der Waals surface area contributed by atoms with Gasteiger partial charge >= 0.3 is 18.0 Å². The number of nitrogens with one attached hydrogen (secondary N) is 1. The summed E-state index contributed by atoms with van der Waals surface area (Å²) in [6, 6.07) is 34.3. The summed E-state index contributed by atoms with van der Waals surface area (Å²) in [6.07, 6.45) is -0.731. The number of nitro benzene ring substituents is 1. The van der Waals surface area contributed by atoms with E-state index in [1.165, 1.54) is 18.9 Å². The number of aliphatic hydroxyl groups is 1. The maximum atomic E-state index is 15.1. The third-order valence-corrected chi connectivity index (χ3v) is 13.2. The molecule has 5 aromatic carbocycles. The van der Waals surface area contributed by atoms with E-state index in [9.17, 15) is 38.0 Å². The summed E-state index contributed by atoms with van der Waals surface area (Å²) >= 11 is 0. The summed E-state index contributed by atoms with van der Waals surface area (Å²) in [5.74, 6) is -1.41. The minimum atomic E-state index is -4.13. The van der Waals surface area contributed by atoms with Gasteiger partial charge in [0.1, 0.15) is 36.7 Å². The highest BCUT2D eigenvalue weighted by atomic mass is 32.2. The number of carbonyl (C=O) groups excluding carboxylic acids is 4. The second kappa shape index (κ2) is 26.0. The molecule has 0 saturated heterocycles. The highest BCUT2D eigenvalue weighted by Gasteiger charge is 2.43. The number of amides is 2. The fourth-order valence-electron chi connectivity index (χ4n) is 8.04. The normalized spacial score (nSPS) is 14.3. The topological polar surface area (TPSA) is 230 Å². The number of sulfonamides is 1. The summed E-state index contributed by atoms with van der Waals surface area (Å²) in [5, 5.41) is 20.8. The first kappa shape index (κ1) is 53.0. The molecular weight excluding hydrogens is 937 g/mol. The van der Waals surface area contributed by atoms with Gasteiger partial charge in [-0.15, -0.1) is 0 Å². The molecule has 5 aromatic rings. The van der Waals surface area contributed by atoms with Gasteiger partial charge in [-0.3, -0.25) is 24.5 Å². The highest BCUT2D eigenvalue weighted by Crippen LogP contribution is 2.48. The van der Waals surface area contributed by atoms with E-state index in [1.807, 2.05) is 48.5 Å². The zero-order chi connectivity index (χ0) is 50.8. The van der Waals surface area contributed by atoms with Crippen LogP contribution < -0.4 is 14.2 Å². The van der Waals surface area contributed by atoms with Crippen LogP contribution in [0, 0.1) is 10.1 Å². The van der Waals surface area contributed by atoms with E-state index in [2.05, 4.69) is 4.72 Å². The van der Waals surface area contributed by atoms with Crippen molar-refractivity contribution < 1.29 is 61.3 Å². The maximum absolute atomic E-state index is 15.1. The number of aliphatic hydroxyl groups excluding tert-OH is 1. The largest absolute Gasteiger partial charge is 0.489 e. The predicted molar refractivity (Wildman–Crippen MR) is 260 cm³/mol. The lowest BCUT2D eigenvalue weighted by Gasteiger charge is -2.32. The Balaban J connectivity index is 1.34. The molecule has 71 heavy (non-hydrogen) atoms. The molecule has 18 nitrogen and oxygen atoms in total. The van der Waals surface area contributed by atoms with Crippen molar-refractivity contribution in [3.8, 4) is 11.5 Å². The summed E-state index contributed by atoms with van der Waals surface area (Å²) in [5.41, 5.74) is 2.95. The molecule has 2 amide bonds. The molecule has 19 heteroatoms. The van der Waals surface area contributed by atoms with Crippen LogP contribution in [0.5, 0.6) is 11.5 Å². The van der Waals surface area contributed by atoms with Gasteiger partial charge in [0.15, 0.2) is 0 Å². The number of carbonyl (C=O) groups is 4. The fraction of sp³-hybridized carbons (Fsp3) is 0.346. The molecule has 0 fully saturated rings. The minimum Gasteiger partial charge on any atom is -0.489 e. The van der Waals surface area contributed by atoms with Crippen molar-refractivity contribution in [3.05, 3.63) is 165 Å². The van der Waals surface area contributed by atoms with E-state index in [1.54, 1.807) is 59.5 Å². The van der Waals surface area contributed by atoms with Gasteiger partial charge in [0.05, 0.1) is 36.0 Å². The smallest absolute Gasteiger partial charge is 0.410 e. The third kappa shape index (κ3) is 15.1. The molecule has 3 atom stereocenters. The standard InChI is InChI=1S/C52H58N4O14S/c1-37(58)67-32-12-29-54(28-9-10-31-57)51(60)49-45-33-41(19-26-47(45)70-50(49)40-17-22-43(23-18-40)68-35-38-13-5-3-6-14-38)46(34-48(59)66-2)55(52(61)69-36-39-15-7-4-8-16-39)30-11-27-53-71(64,65)44-24-20-42(21-25-44)56(62)63/h3-8,13-26,33,46,49-50,53,57H,9-12,27-32,34-36H2,1-2H3/t46-,49+,50-/m0/s1. The molecule has 1 aliphatic rings. The Bertz CT molecular complexity index is 2670. The van der Waals surface area contributed by atoms with Crippen LogP contribution in [0.3, 0.4) is 0 Å². The van der Waals surface area contributed by atoms with Crippen molar-refractivity contribution in [3.63, 3.8) is 0 Å². The Morgan fingerprint density at radius 3 is 2.10 bits per heavy atom. The van der Waals surface area contributed by atoms with Crippen LogP contribution in [-0.2, 0) is 51.8 Å². The number of benzene rings is 5. The predicted octanol–water partition coefficient (Wildman–Crippen LogP) is 7.56. The number of unbranched alkanes of at least 4 members (excludes halogenated alkanes) is 1. The quantitative estimate of drug-likeness (QED) is 0.0179. The fourth-order valence-corrected chi connectivity index (χ4v) is 9.11. The third-order valence-electron chi connectivity index (χ3n) is 11.7. The minimum absolute atomic E-state index is 0.0305. The van der Waals surface area contributed by atoms with Crippen molar-refractivity contribution in [2.24, 2.45) is 0 Å². The Morgan fingerprint density at radius 2 is 1.46 bits per heavy atom. The van der Waals surface area contributed by atoms with Crippen molar-refractivity contribution in [2.45, 2.75) is 75.2 Å². The number of rotatable bonds is 26. The molecule has 2 N–H and O–H groups in total. The van der Waals surface area contributed by atoms with Crippen LogP contribution in [0.15, 0.2) is 132 Å². The van der Waals surface area contributed by atoms with E-state index in [-0.39, 0.29) is 75.3 Å². The molecule has 0 saturated carbocycles. The number of hydrogen-bond acceptors (Lipinski definition) is 14. The summed E-state index contributed by atoms with van der Waals surface area (Å²) in [7, 11) is -2.91. The number of nitro groups is 1. The molecule has 1 aliphatic heterocycles. The first-order valence-electron chi connectivity index (χ1n) is 23.2. The lowest BCUT2D eigenvalue weighted by Crippen LogP contribution is -2.39. The molecule has 376 valence electrons. The number of methoxy groups -OCH3 is 1. The SMILES string of the molecule is COC(=O)C[C@@H](c1ccc2c(c1)[C@@H](C(=O)N(CCCCO)CCCOC(C)=O)[C@H](c1ccc(OCc3ccccc3)cc1)O2)N(CCCNS(=O)(=O)c1ccc([N+](=O)[O-])cc1)C(=O)OCc1ccccc1. The molecule has 0 spiro atoms. The molecule has 0 radical (unpaired) electrons. The zero-order valence-electron chi connectivity index (χ0n) is 39.6. The number of ether oxygens (including phenoxy) is 5.